The summed E-state index contributed by atoms with van der Waals surface area (Å²) in [6.45, 7) is 4.72. The molecule has 0 amide bonds. The molecule has 4 unspecified atom stereocenters. The monoisotopic (exact) mass is 833 g/mol. The maximum atomic E-state index is 12.6. The predicted octanol–water partition coefficient (Wildman–Crippen LogP) is 11.2. The number of hydrogen-bond acceptors (Lipinski definition) is 10. The Bertz CT molecular complexity index is 1040. The average molecular weight is 833 g/mol. The fourth-order valence-corrected chi connectivity index (χ4v) is 7.59. The first-order valence-electron chi connectivity index (χ1n) is 23.2. The van der Waals surface area contributed by atoms with Crippen LogP contribution in [0.4, 0.5) is 0 Å². The van der Waals surface area contributed by atoms with Gasteiger partial charge in [0.05, 0.1) is 32.0 Å². The molecule has 1 aliphatic heterocycles. The lowest BCUT2D eigenvalue weighted by Gasteiger charge is -2.20. The molecule has 0 bridgehead atoms. The first-order valence-corrected chi connectivity index (χ1v) is 24.7. The molecule has 336 valence electrons. The number of carbonyl (C=O) groups excluding carboxylic acids is 2. The molecule has 0 aromatic heterocycles. The molecule has 57 heavy (non-hydrogen) atoms. The Morgan fingerprint density at radius 3 is 1.81 bits per heavy atom. The van der Waals surface area contributed by atoms with E-state index in [0.29, 0.717) is 25.0 Å². The largest absolute Gasteiger partial charge is 0.472 e. The van der Waals surface area contributed by atoms with Crippen LogP contribution in [0.15, 0.2) is 12.2 Å². The summed E-state index contributed by atoms with van der Waals surface area (Å²) in [6, 6.07) is 0. The first kappa shape index (κ1) is 53.7. The van der Waals surface area contributed by atoms with Gasteiger partial charge < -0.3 is 29.3 Å². The maximum Gasteiger partial charge on any atom is 0.472 e. The number of ether oxygens (including phenoxy) is 3. The van der Waals surface area contributed by atoms with Crippen molar-refractivity contribution in [2.24, 2.45) is 5.92 Å². The Hall–Kier alpha value is -1.33. The van der Waals surface area contributed by atoms with Gasteiger partial charge in [-0.15, -0.1) is 0 Å². The number of aliphatic hydroxyl groups is 2. The normalized spacial score (nSPS) is 18.0. The summed E-state index contributed by atoms with van der Waals surface area (Å²) in [5.41, 5.74) is 0. The van der Waals surface area contributed by atoms with Crippen molar-refractivity contribution < 1.29 is 52.5 Å². The second-order valence-corrected chi connectivity index (χ2v) is 17.9. The van der Waals surface area contributed by atoms with Gasteiger partial charge in [-0.3, -0.25) is 18.6 Å². The van der Waals surface area contributed by atoms with Crippen molar-refractivity contribution in [1.82, 2.24) is 0 Å². The maximum absolute atomic E-state index is 12.6. The van der Waals surface area contributed by atoms with Crippen LogP contribution < -0.4 is 0 Å². The van der Waals surface area contributed by atoms with Crippen molar-refractivity contribution in [1.29, 1.82) is 0 Å². The van der Waals surface area contributed by atoms with E-state index in [1.807, 2.05) is 0 Å². The highest BCUT2D eigenvalue weighted by Gasteiger charge is 2.36. The van der Waals surface area contributed by atoms with Gasteiger partial charge in [-0.25, -0.2) is 4.57 Å². The molecule has 1 heterocycles. The number of phosphoric ester groups is 1. The summed E-state index contributed by atoms with van der Waals surface area (Å²) in [7, 11) is -4.62. The number of rotatable bonds is 42. The van der Waals surface area contributed by atoms with Gasteiger partial charge in [0.25, 0.3) is 0 Å². The third kappa shape index (κ3) is 34.1. The van der Waals surface area contributed by atoms with Crippen molar-refractivity contribution in [3.63, 3.8) is 0 Å². The van der Waals surface area contributed by atoms with Gasteiger partial charge in [0, 0.05) is 12.8 Å². The highest BCUT2D eigenvalue weighted by Crippen LogP contribution is 2.43. The van der Waals surface area contributed by atoms with Gasteiger partial charge in [-0.2, -0.15) is 0 Å². The Kier molecular flexibility index (Phi) is 34.4. The van der Waals surface area contributed by atoms with Crippen molar-refractivity contribution in [3.05, 3.63) is 12.2 Å². The molecule has 0 aliphatic carbocycles. The predicted molar refractivity (Wildman–Crippen MR) is 228 cm³/mol. The van der Waals surface area contributed by atoms with E-state index < -0.39 is 51.8 Å². The fraction of sp³-hybridized carbons (Fsp3) is 0.911. The van der Waals surface area contributed by atoms with Crippen LogP contribution in [-0.4, -0.2) is 77.9 Å². The highest BCUT2D eigenvalue weighted by molar-refractivity contribution is 7.47. The number of esters is 2. The van der Waals surface area contributed by atoms with Crippen molar-refractivity contribution in [2.75, 3.05) is 26.4 Å². The summed E-state index contributed by atoms with van der Waals surface area (Å²) in [5.74, 6) is -0.0658. The summed E-state index contributed by atoms with van der Waals surface area (Å²) in [4.78, 5) is 35.1. The molecule has 0 radical (unpaired) electrons. The van der Waals surface area contributed by atoms with Crippen LogP contribution in [0.1, 0.15) is 207 Å². The summed E-state index contributed by atoms with van der Waals surface area (Å²) >= 11 is 0. The highest BCUT2D eigenvalue weighted by atomic mass is 31.2. The second-order valence-electron chi connectivity index (χ2n) is 16.4. The van der Waals surface area contributed by atoms with Crippen LogP contribution >= 0.6 is 7.82 Å². The van der Waals surface area contributed by atoms with Gasteiger partial charge in [-0.1, -0.05) is 168 Å². The minimum Gasteiger partial charge on any atom is -0.462 e. The Morgan fingerprint density at radius 1 is 0.684 bits per heavy atom. The number of allylic oxidation sites excluding steroid dienone is 1. The number of epoxide rings is 1. The molecule has 1 fully saturated rings. The van der Waals surface area contributed by atoms with Gasteiger partial charge in [0.2, 0.25) is 0 Å². The average Bonchev–Trinajstić information content (AvgIpc) is 3.96. The third-order valence-electron chi connectivity index (χ3n) is 10.9. The number of aliphatic hydroxyl groups excluding tert-OH is 2. The van der Waals surface area contributed by atoms with Crippen LogP contribution in [0.3, 0.4) is 0 Å². The zero-order valence-corrected chi connectivity index (χ0v) is 37.3. The molecule has 12 heteroatoms. The molecule has 1 aliphatic rings. The molecule has 0 spiro atoms. The van der Waals surface area contributed by atoms with E-state index in [9.17, 15) is 24.2 Å². The summed E-state index contributed by atoms with van der Waals surface area (Å²) in [5, 5.41) is 18.4. The first-order chi connectivity index (χ1) is 27.6. The Morgan fingerprint density at radius 2 is 1.23 bits per heavy atom. The molecule has 0 aromatic carbocycles. The summed E-state index contributed by atoms with van der Waals surface area (Å²) in [6.07, 6.45) is 34.8. The molecule has 0 saturated carbocycles. The van der Waals surface area contributed by atoms with Gasteiger partial charge in [0.1, 0.15) is 12.7 Å². The number of phosphoric acid groups is 1. The number of unbranched alkanes of at least 4 members (excludes halogenated alkanes) is 20. The lowest BCUT2D eigenvalue weighted by atomic mass is 9.99. The minimum atomic E-state index is -4.62. The molecule has 1 rings (SSSR count). The Balaban J connectivity index is 2.21. The number of hydrogen-bond donors (Lipinski definition) is 3. The summed E-state index contributed by atoms with van der Waals surface area (Å²) < 4.78 is 38.5. The van der Waals surface area contributed by atoms with Gasteiger partial charge >= 0.3 is 19.8 Å². The molecule has 1 saturated heterocycles. The van der Waals surface area contributed by atoms with Crippen LogP contribution in [-0.2, 0) is 37.4 Å². The quantitative estimate of drug-likeness (QED) is 0.0176. The lowest BCUT2D eigenvalue weighted by Crippen LogP contribution is -2.29. The van der Waals surface area contributed by atoms with E-state index in [1.165, 1.54) is 103 Å². The topological polar surface area (TPSA) is 161 Å². The van der Waals surface area contributed by atoms with Crippen LogP contribution in [0.25, 0.3) is 0 Å². The van der Waals surface area contributed by atoms with E-state index in [4.69, 9.17) is 28.4 Å². The molecule has 0 aromatic rings. The van der Waals surface area contributed by atoms with E-state index in [1.54, 1.807) is 0 Å². The third-order valence-corrected chi connectivity index (χ3v) is 11.8. The van der Waals surface area contributed by atoms with Crippen LogP contribution in [0.5, 0.6) is 0 Å². The molecule has 6 atom stereocenters. The van der Waals surface area contributed by atoms with E-state index in [0.717, 1.165) is 63.7 Å². The van der Waals surface area contributed by atoms with Crippen molar-refractivity contribution in [3.8, 4) is 0 Å². The SMILES string of the molecule is CCCCCC1OC1C/C=C\CCCCCCCC(=O)OC[C@H](COP(=O)(O)OC[C@@H](O)CO)OC(=O)CCCCCCCCCCCCCCCCC(C)CC. The number of carbonyl (C=O) groups is 2. The molecular weight excluding hydrogens is 747 g/mol. The zero-order valence-electron chi connectivity index (χ0n) is 36.4. The van der Waals surface area contributed by atoms with Crippen LogP contribution in [0, 0.1) is 5.92 Å². The van der Waals surface area contributed by atoms with E-state index in [2.05, 4.69) is 32.9 Å². The second kappa shape index (κ2) is 36.5. The van der Waals surface area contributed by atoms with Crippen LogP contribution in [0.2, 0.25) is 0 Å². The molecule has 11 nitrogen and oxygen atoms in total. The Labute approximate surface area is 347 Å². The van der Waals surface area contributed by atoms with Crippen molar-refractivity contribution >= 4 is 19.8 Å². The van der Waals surface area contributed by atoms with Crippen molar-refractivity contribution in [2.45, 2.75) is 231 Å². The van der Waals surface area contributed by atoms with E-state index >= 15 is 0 Å². The lowest BCUT2D eigenvalue weighted by molar-refractivity contribution is -0.161. The molecule has 3 N–H and O–H groups in total. The van der Waals surface area contributed by atoms with Gasteiger partial charge in [0.15, 0.2) is 6.10 Å². The minimum absolute atomic E-state index is 0.183. The van der Waals surface area contributed by atoms with Gasteiger partial charge in [-0.05, 0) is 44.4 Å². The van der Waals surface area contributed by atoms with E-state index in [-0.39, 0.29) is 19.4 Å². The zero-order chi connectivity index (χ0) is 41.8. The standard InChI is InChI=1S/C45H85O11P/c1-4-6-25-31-42-43(56-42)32-27-22-18-15-16-19-23-28-33-44(48)52-37-41(38-54-57(50,51)53-36-40(47)35-46)55-45(49)34-29-24-20-14-12-10-8-7-9-11-13-17-21-26-30-39(3)5-2/h22,27,39-43,46-47H,4-21,23-26,28-38H2,1-3H3,(H,50,51)/b27-22-/t39?,40-,41+,42?,43?/m0/s1. The smallest absolute Gasteiger partial charge is 0.462 e. The molecular formula is C45H85O11P. The fourth-order valence-electron chi connectivity index (χ4n) is 6.80.